The lowest BCUT2D eigenvalue weighted by Crippen LogP contribution is -2.19. The summed E-state index contributed by atoms with van der Waals surface area (Å²) >= 11 is 4.36. The molecule has 0 spiro atoms. The van der Waals surface area contributed by atoms with Crippen molar-refractivity contribution in [2.75, 3.05) is 19.0 Å². The summed E-state index contributed by atoms with van der Waals surface area (Å²) in [5, 5.41) is 0. The van der Waals surface area contributed by atoms with Crippen molar-refractivity contribution in [2.45, 2.75) is 39.5 Å². The van der Waals surface area contributed by atoms with Gasteiger partial charge in [0.25, 0.3) is 0 Å². The molecule has 0 aromatic heterocycles. The summed E-state index contributed by atoms with van der Waals surface area (Å²) in [7, 11) is 0. The molecule has 0 saturated heterocycles. The average molecular weight is 216 g/mol. The minimum Gasteiger partial charge on any atom is -0.381 e. The normalized spacial score (nSPS) is 20.6. The van der Waals surface area contributed by atoms with Crippen molar-refractivity contribution >= 4 is 12.6 Å². The van der Waals surface area contributed by atoms with Gasteiger partial charge in [0.05, 0.1) is 6.61 Å². The van der Waals surface area contributed by atoms with Crippen LogP contribution in [0.4, 0.5) is 0 Å². The van der Waals surface area contributed by atoms with Gasteiger partial charge >= 0.3 is 0 Å². The Bertz CT molecular complexity index is 141. The molecule has 1 aliphatic rings. The van der Waals surface area contributed by atoms with Crippen molar-refractivity contribution in [3.05, 3.63) is 0 Å². The van der Waals surface area contributed by atoms with Gasteiger partial charge in [-0.25, -0.2) is 0 Å². The first-order chi connectivity index (χ1) is 6.74. The standard InChI is InChI=1S/C12H24OS/c1-10(2)12(9-14)8-13-7-11-5-3-4-6-11/h10-12,14H,3-9H2,1-2H3. The summed E-state index contributed by atoms with van der Waals surface area (Å²) in [6.45, 7) is 6.38. The molecule has 2 heteroatoms. The highest BCUT2D eigenvalue weighted by Crippen LogP contribution is 2.25. The van der Waals surface area contributed by atoms with E-state index in [1.165, 1.54) is 25.7 Å². The minimum atomic E-state index is 0.625. The predicted octanol–water partition coefficient (Wildman–Crippen LogP) is 3.40. The van der Waals surface area contributed by atoms with E-state index in [2.05, 4.69) is 26.5 Å². The topological polar surface area (TPSA) is 9.23 Å². The summed E-state index contributed by atoms with van der Waals surface area (Å²) in [5.74, 6) is 3.11. The Hall–Kier alpha value is 0.310. The van der Waals surface area contributed by atoms with Crippen LogP contribution >= 0.6 is 12.6 Å². The fourth-order valence-corrected chi connectivity index (χ4v) is 2.55. The molecule has 0 aromatic carbocycles. The summed E-state index contributed by atoms with van der Waals surface area (Å²) in [5.41, 5.74) is 0. The number of thiol groups is 1. The highest BCUT2D eigenvalue weighted by atomic mass is 32.1. The lowest BCUT2D eigenvalue weighted by Gasteiger charge is -2.19. The van der Waals surface area contributed by atoms with E-state index >= 15 is 0 Å². The number of hydrogen-bond acceptors (Lipinski definition) is 2. The first-order valence-corrected chi connectivity index (χ1v) is 6.56. The summed E-state index contributed by atoms with van der Waals surface area (Å²) in [6, 6.07) is 0. The molecule has 1 nitrogen and oxygen atoms in total. The van der Waals surface area contributed by atoms with Gasteiger partial charge < -0.3 is 4.74 Å². The molecule has 0 aromatic rings. The Kier molecular flexibility index (Phi) is 5.95. The fourth-order valence-electron chi connectivity index (χ4n) is 2.02. The van der Waals surface area contributed by atoms with E-state index in [9.17, 15) is 0 Å². The molecule has 1 aliphatic carbocycles. The second kappa shape index (κ2) is 6.73. The van der Waals surface area contributed by atoms with E-state index in [0.29, 0.717) is 11.8 Å². The molecule has 0 radical (unpaired) electrons. The van der Waals surface area contributed by atoms with E-state index < -0.39 is 0 Å². The number of rotatable bonds is 6. The molecule has 0 N–H and O–H groups in total. The zero-order chi connectivity index (χ0) is 10.4. The zero-order valence-electron chi connectivity index (χ0n) is 9.54. The predicted molar refractivity (Wildman–Crippen MR) is 65.0 cm³/mol. The molecule has 1 unspecified atom stereocenters. The van der Waals surface area contributed by atoms with Crippen LogP contribution in [0.1, 0.15) is 39.5 Å². The third-order valence-electron chi connectivity index (χ3n) is 3.34. The van der Waals surface area contributed by atoms with Crippen LogP contribution in [0.2, 0.25) is 0 Å². The molecule has 1 atom stereocenters. The van der Waals surface area contributed by atoms with Crippen LogP contribution in [0, 0.1) is 17.8 Å². The van der Waals surface area contributed by atoms with Crippen molar-refractivity contribution in [3.63, 3.8) is 0 Å². The number of ether oxygens (including phenoxy) is 1. The summed E-state index contributed by atoms with van der Waals surface area (Å²) < 4.78 is 5.78. The zero-order valence-corrected chi connectivity index (χ0v) is 10.4. The van der Waals surface area contributed by atoms with Gasteiger partial charge in [0.2, 0.25) is 0 Å². The maximum absolute atomic E-state index is 5.78. The highest BCUT2D eigenvalue weighted by molar-refractivity contribution is 7.80. The molecule has 1 saturated carbocycles. The van der Waals surface area contributed by atoms with E-state index in [0.717, 1.165) is 24.9 Å². The van der Waals surface area contributed by atoms with Crippen LogP contribution < -0.4 is 0 Å². The van der Waals surface area contributed by atoms with Crippen LogP contribution in [-0.4, -0.2) is 19.0 Å². The minimum absolute atomic E-state index is 0.625. The number of hydrogen-bond donors (Lipinski definition) is 1. The molecular weight excluding hydrogens is 192 g/mol. The van der Waals surface area contributed by atoms with Gasteiger partial charge in [-0.3, -0.25) is 0 Å². The second-order valence-electron chi connectivity index (χ2n) is 4.87. The van der Waals surface area contributed by atoms with Crippen LogP contribution in [0.25, 0.3) is 0 Å². The highest BCUT2D eigenvalue weighted by Gasteiger charge is 2.16. The Morgan fingerprint density at radius 1 is 1.29 bits per heavy atom. The van der Waals surface area contributed by atoms with Crippen LogP contribution in [0.3, 0.4) is 0 Å². The van der Waals surface area contributed by atoms with Gasteiger partial charge in [-0.1, -0.05) is 26.7 Å². The molecule has 0 bridgehead atoms. The lowest BCUT2D eigenvalue weighted by atomic mass is 9.99. The van der Waals surface area contributed by atoms with Gasteiger partial charge in [0, 0.05) is 6.61 Å². The first-order valence-electron chi connectivity index (χ1n) is 5.92. The molecule has 0 amide bonds. The van der Waals surface area contributed by atoms with Crippen molar-refractivity contribution in [3.8, 4) is 0 Å². The fraction of sp³-hybridized carbons (Fsp3) is 1.00. The lowest BCUT2D eigenvalue weighted by molar-refractivity contribution is 0.0666. The maximum atomic E-state index is 5.78. The van der Waals surface area contributed by atoms with Crippen molar-refractivity contribution in [2.24, 2.45) is 17.8 Å². The first kappa shape index (κ1) is 12.4. The van der Waals surface area contributed by atoms with Crippen LogP contribution in [0.15, 0.2) is 0 Å². The van der Waals surface area contributed by atoms with E-state index in [1.807, 2.05) is 0 Å². The Balaban J connectivity index is 2.06. The van der Waals surface area contributed by atoms with Crippen molar-refractivity contribution < 1.29 is 4.74 Å². The van der Waals surface area contributed by atoms with Crippen LogP contribution in [-0.2, 0) is 4.74 Å². The Morgan fingerprint density at radius 2 is 1.93 bits per heavy atom. The molecule has 1 rings (SSSR count). The molecular formula is C12H24OS. The van der Waals surface area contributed by atoms with E-state index in [-0.39, 0.29) is 0 Å². The monoisotopic (exact) mass is 216 g/mol. The Morgan fingerprint density at radius 3 is 2.43 bits per heavy atom. The van der Waals surface area contributed by atoms with Crippen molar-refractivity contribution in [1.29, 1.82) is 0 Å². The summed E-state index contributed by atoms with van der Waals surface area (Å²) in [4.78, 5) is 0. The van der Waals surface area contributed by atoms with E-state index in [4.69, 9.17) is 4.74 Å². The largest absolute Gasteiger partial charge is 0.381 e. The van der Waals surface area contributed by atoms with Gasteiger partial charge in [0.1, 0.15) is 0 Å². The molecule has 1 fully saturated rings. The third-order valence-corrected chi connectivity index (χ3v) is 3.81. The average Bonchev–Trinajstić information content (AvgIpc) is 2.64. The SMILES string of the molecule is CC(C)C(CS)COCC1CCCC1. The van der Waals surface area contributed by atoms with Crippen LogP contribution in [0.5, 0.6) is 0 Å². The second-order valence-corrected chi connectivity index (χ2v) is 5.24. The molecule has 84 valence electrons. The van der Waals surface area contributed by atoms with E-state index in [1.54, 1.807) is 0 Å². The Labute approximate surface area is 94.0 Å². The molecule has 0 heterocycles. The van der Waals surface area contributed by atoms with Gasteiger partial charge in [0.15, 0.2) is 0 Å². The molecule has 14 heavy (non-hydrogen) atoms. The quantitative estimate of drug-likeness (QED) is 0.670. The molecule has 0 aliphatic heterocycles. The smallest absolute Gasteiger partial charge is 0.0504 e. The third kappa shape index (κ3) is 4.22. The van der Waals surface area contributed by atoms with Gasteiger partial charge in [-0.2, -0.15) is 12.6 Å². The van der Waals surface area contributed by atoms with Gasteiger partial charge in [-0.15, -0.1) is 0 Å². The summed E-state index contributed by atoms with van der Waals surface area (Å²) in [6.07, 6.45) is 5.59. The van der Waals surface area contributed by atoms with Gasteiger partial charge in [-0.05, 0) is 36.3 Å². The maximum Gasteiger partial charge on any atom is 0.0504 e. The van der Waals surface area contributed by atoms with Crippen molar-refractivity contribution in [1.82, 2.24) is 0 Å².